The Bertz CT molecular complexity index is 1130. The minimum Gasteiger partial charge on any atom is -0.456 e. The molecule has 3 saturated carbocycles. The van der Waals surface area contributed by atoms with E-state index in [4.69, 9.17) is 13.9 Å². The lowest BCUT2D eigenvalue weighted by Crippen LogP contribution is -2.69. The van der Waals surface area contributed by atoms with Gasteiger partial charge in [0.05, 0.1) is 24.4 Å². The molecular formula is C28H44O9Si. The molecule has 5 aliphatic rings. The van der Waals surface area contributed by atoms with Crippen LogP contribution in [0.2, 0.25) is 18.1 Å². The second-order valence-electron chi connectivity index (χ2n) is 14.6. The lowest BCUT2D eigenvalue weighted by Gasteiger charge is -2.56. The number of fused-ring (bicyclic) bond motifs is 7. The summed E-state index contributed by atoms with van der Waals surface area (Å²) in [5.74, 6) is -4.31. The van der Waals surface area contributed by atoms with E-state index in [0.717, 1.165) is 0 Å². The number of esters is 1. The van der Waals surface area contributed by atoms with Gasteiger partial charge < -0.3 is 34.3 Å². The Morgan fingerprint density at radius 2 is 1.79 bits per heavy atom. The summed E-state index contributed by atoms with van der Waals surface area (Å²) in [6.07, 6.45) is -1.81. The molecule has 0 aromatic carbocycles. The van der Waals surface area contributed by atoms with Crippen molar-refractivity contribution >= 4 is 20.1 Å². The lowest BCUT2D eigenvalue weighted by molar-refractivity contribution is -0.236. The van der Waals surface area contributed by atoms with Gasteiger partial charge in [-0.25, -0.2) is 0 Å². The van der Waals surface area contributed by atoms with E-state index in [-0.39, 0.29) is 10.6 Å². The van der Waals surface area contributed by atoms with Crippen molar-refractivity contribution in [1.82, 2.24) is 0 Å². The summed E-state index contributed by atoms with van der Waals surface area (Å²) in [5.41, 5.74) is -7.33. The SMILES string of the molecule is CC(=O)O[C@@]12[C@H](O[Si](C)(C)C(C)(C)C)[C@@H](C)[C@@]3(O)C([C@@H]1C2(C)C)[C@@H]1O[C@]1(CO)[C@@H](O)[C@]1(O)C(=O)C(C)=C[C@H]13. The fourth-order valence-electron chi connectivity index (χ4n) is 8.40. The monoisotopic (exact) mass is 552 g/mol. The van der Waals surface area contributed by atoms with Gasteiger partial charge >= 0.3 is 5.97 Å². The molecule has 4 fully saturated rings. The Morgan fingerprint density at radius 1 is 1.21 bits per heavy atom. The normalized spacial score (nSPS) is 50.6. The van der Waals surface area contributed by atoms with E-state index in [1.165, 1.54) is 6.92 Å². The number of ether oxygens (including phenoxy) is 2. The smallest absolute Gasteiger partial charge is 0.303 e. The molecule has 11 atom stereocenters. The Balaban J connectivity index is 1.77. The molecule has 9 nitrogen and oxygen atoms in total. The first kappa shape index (κ1) is 28.4. The molecule has 0 spiro atoms. The second kappa shape index (κ2) is 7.57. The van der Waals surface area contributed by atoms with E-state index >= 15 is 0 Å². The van der Waals surface area contributed by atoms with Crippen molar-refractivity contribution in [3.8, 4) is 0 Å². The highest BCUT2D eigenvalue weighted by Gasteiger charge is 2.93. The highest BCUT2D eigenvalue weighted by molar-refractivity contribution is 6.74. The average Bonchev–Trinajstić information content (AvgIpc) is 3.61. The van der Waals surface area contributed by atoms with Crippen molar-refractivity contribution in [2.45, 2.75) is 114 Å². The van der Waals surface area contributed by atoms with Crippen LogP contribution in [-0.2, 0) is 23.5 Å². The van der Waals surface area contributed by atoms with Gasteiger partial charge in [0.1, 0.15) is 17.3 Å². The number of aliphatic hydroxyl groups is 4. The molecule has 214 valence electrons. The van der Waals surface area contributed by atoms with Crippen LogP contribution in [0.15, 0.2) is 11.6 Å². The first-order chi connectivity index (χ1) is 17.1. The van der Waals surface area contributed by atoms with E-state index in [2.05, 4.69) is 33.9 Å². The maximum atomic E-state index is 13.4. The van der Waals surface area contributed by atoms with Gasteiger partial charge in [-0.2, -0.15) is 0 Å². The van der Waals surface area contributed by atoms with E-state index in [1.54, 1.807) is 13.0 Å². The van der Waals surface area contributed by atoms with Crippen LogP contribution in [0, 0.1) is 29.1 Å². The Labute approximate surface area is 225 Å². The van der Waals surface area contributed by atoms with Gasteiger partial charge in [-0.15, -0.1) is 0 Å². The molecule has 0 aromatic rings. The first-order valence-electron chi connectivity index (χ1n) is 13.7. The van der Waals surface area contributed by atoms with E-state index in [9.17, 15) is 30.0 Å². The summed E-state index contributed by atoms with van der Waals surface area (Å²) in [5, 5.41) is 46.7. The van der Waals surface area contributed by atoms with Crippen LogP contribution in [0.25, 0.3) is 0 Å². The fraction of sp³-hybridized carbons (Fsp3) is 0.857. The maximum absolute atomic E-state index is 13.4. The van der Waals surface area contributed by atoms with Gasteiger partial charge in [0, 0.05) is 36.0 Å². The quantitative estimate of drug-likeness (QED) is 0.233. The number of epoxide rings is 1. The van der Waals surface area contributed by atoms with Crippen molar-refractivity contribution < 1.29 is 43.9 Å². The zero-order chi connectivity index (χ0) is 28.8. The van der Waals surface area contributed by atoms with Gasteiger partial charge in [-0.1, -0.05) is 47.6 Å². The highest BCUT2D eigenvalue weighted by Crippen LogP contribution is 2.80. The van der Waals surface area contributed by atoms with Crippen molar-refractivity contribution in [2.24, 2.45) is 29.1 Å². The number of carbonyl (C=O) groups excluding carboxylic acids is 2. The number of carbonyl (C=O) groups is 2. The fourth-order valence-corrected chi connectivity index (χ4v) is 9.77. The maximum Gasteiger partial charge on any atom is 0.303 e. The molecule has 1 saturated heterocycles. The van der Waals surface area contributed by atoms with Crippen LogP contribution in [0.4, 0.5) is 0 Å². The molecule has 5 rings (SSSR count). The van der Waals surface area contributed by atoms with Crippen molar-refractivity contribution in [3.05, 3.63) is 11.6 Å². The molecule has 0 radical (unpaired) electrons. The van der Waals surface area contributed by atoms with Crippen molar-refractivity contribution in [1.29, 1.82) is 0 Å². The summed E-state index contributed by atoms with van der Waals surface area (Å²) >= 11 is 0. The van der Waals surface area contributed by atoms with Gasteiger partial charge in [-0.05, 0) is 30.6 Å². The van der Waals surface area contributed by atoms with Crippen LogP contribution >= 0.6 is 0 Å². The average molecular weight is 553 g/mol. The molecule has 1 aliphatic heterocycles. The number of ketones is 1. The van der Waals surface area contributed by atoms with Crippen LogP contribution < -0.4 is 0 Å². The summed E-state index contributed by atoms with van der Waals surface area (Å²) in [6.45, 7) is 18.5. The molecular weight excluding hydrogens is 508 g/mol. The predicted octanol–water partition coefficient (Wildman–Crippen LogP) is 1.71. The first-order valence-corrected chi connectivity index (χ1v) is 16.6. The Kier molecular flexibility index (Phi) is 5.66. The van der Waals surface area contributed by atoms with E-state index < -0.39 is 96.5 Å². The van der Waals surface area contributed by atoms with Crippen LogP contribution in [0.3, 0.4) is 0 Å². The molecule has 0 aromatic heterocycles. The summed E-state index contributed by atoms with van der Waals surface area (Å²) in [4.78, 5) is 26.0. The number of aliphatic hydroxyl groups excluding tert-OH is 2. The highest BCUT2D eigenvalue weighted by atomic mass is 28.4. The molecule has 10 heteroatoms. The van der Waals surface area contributed by atoms with Gasteiger partial charge in [0.2, 0.25) is 0 Å². The molecule has 0 bridgehead atoms. The third-order valence-corrected chi connectivity index (χ3v) is 16.0. The lowest BCUT2D eigenvalue weighted by atomic mass is 9.58. The standard InChI is InChI=1S/C28H44O9Si/c1-13-11-16-26(33)14(2)20(37-38(9,10)23(4,5)6)28(35-15(3)30)18(24(28,7)8)17(26)21-25(12-29,36-21)22(32)27(16,34)19(13)31/h11,14,16-18,20-22,29,32-34H,12H2,1-10H3/t14-,16+,17?,18-,20-,21+,22-,25+,26+,27-,28-/m1/s1. The third-order valence-electron chi connectivity index (χ3n) is 11.5. The molecule has 4 aliphatic carbocycles. The molecule has 0 amide bonds. The molecule has 1 heterocycles. The number of Topliss-reactive ketones (excluding diaryl/α,β-unsaturated/α-hetero) is 1. The minimum atomic E-state index is -2.50. The van der Waals surface area contributed by atoms with Gasteiger partial charge in [0.15, 0.2) is 19.7 Å². The molecule has 1 unspecified atom stereocenters. The van der Waals surface area contributed by atoms with Gasteiger partial charge in [0.25, 0.3) is 0 Å². The van der Waals surface area contributed by atoms with Crippen LogP contribution in [0.1, 0.15) is 55.4 Å². The number of rotatable bonds is 4. The van der Waals surface area contributed by atoms with Crippen LogP contribution in [-0.4, -0.2) is 87.8 Å². The predicted molar refractivity (Wildman–Crippen MR) is 139 cm³/mol. The minimum absolute atomic E-state index is 0.190. The second-order valence-corrected chi connectivity index (χ2v) is 19.4. The number of hydrogen-bond donors (Lipinski definition) is 4. The molecule has 4 N–H and O–H groups in total. The van der Waals surface area contributed by atoms with Crippen LogP contribution in [0.5, 0.6) is 0 Å². The largest absolute Gasteiger partial charge is 0.456 e. The summed E-state index contributed by atoms with van der Waals surface area (Å²) in [7, 11) is -2.50. The summed E-state index contributed by atoms with van der Waals surface area (Å²) in [6, 6.07) is 0. The van der Waals surface area contributed by atoms with Crippen molar-refractivity contribution in [2.75, 3.05) is 6.61 Å². The molecule has 38 heavy (non-hydrogen) atoms. The van der Waals surface area contributed by atoms with Gasteiger partial charge in [-0.3, -0.25) is 9.59 Å². The topological polar surface area (TPSA) is 146 Å². The van der Waals surface area contributed by atoms with E-state index in [0.29, 0.717) is 0 Å². The Hall–Kier alpha value is -1.14. The van der Waals surface area contributed by atoms with Crippen molar-refractivity contribution in [3.63, 3.8) is 0 Å². The zero-order valence-corrected chi connectivity index (χ0v) is 25.2. The summed E-state index contributed by atoms with van der Waals surface area (Å²) < 4.78 is 19.2. The Morgan fingerprint density at radius 3 is 2.29 bits per heavy atom. The van der Waals surface area contributed by atoms with E-state index in [1.807, 2.05) is 20.8 Å². The zero-order valence-electron chi connectivity index (χ0n) is 24.2. The third kappa shape index (κ3) is 2.93. The number of hydrogen-bond acceptors (Lipinski definition) is 9.